The Balaban J connectivity index is 1.79. The van der Waals surface area contributed by atoms with Gasteiger partial charge in [-0.25, -0.2) is 9.37 Å². The summed E-state index contributed by atoms with van der Waals surface area (Å²) in [6.45, 7) is 10.0. The van der Waals surface area contributed by atoms with Crippen molar-refractivity contribution in [1.29, 1.82) is 0 Å². The van der Waals surface area contributed by atoms with Gasteiger partial charge in [0.15, 0.2) is 5.82 Å². The van der Waals surface area contributed by atoms with Crippen LogP contribution in [0.25, 0.3) is 22.5 Å². The molecule has 0 N–H and O–H groups in total. The van der Waals surface area contributed by atoms with Crippen molar-refractivity contribution in [3.8, 4) is 34.4 Å². The van der Waals surface area contributed by atoms with Gasteiger partial charge in [0, 0.05) is 17.8 Å². The fourth-order valence-corrected chi connectivity index (χ4v) is 4.02. The molecule has 3 rings (SSSR count). The Kier molecular flexibility index (Phi) is 10.3. The number of aryl methyl sites for hydroxylation is 1. The summed E-state index contributed by atoms with van der Waals surface area (Å²) in [5.41, 5.74) is 1.69. The van der Waals surface area contributed by atoms with E-state index >= 15 is 4.39 Å². The molecule has 39 heavy (non-hydrogen) atoms. The summed E-state index contributed by atoms with van der Waals surface area (Å²) < 4.78 is 38.9. The second-order valence-corrected chi connectivity index (χ2v) is 12.7. The second kappa shape index (κ2) is 13.3. The summed E-state index contributed by atoms with van der Waals surface area (Å²) >= 11 is 0. The molecule has 0 unspecified atom stereocenters. The lowest BCUT2D eigenvalue weighted by atomic mass is 9.95. The largest absolute Gasteiger partial charge is 0.476 e. The topological polar surface area (TPSA) is 97.6 Å². The van der Waals surface area contributed by atoms with Crippen molar-refractivity contribution >= 4 is 16.9 Å². The smallest absolute Gasteiger partial charge is 0.317 e. The third kappa shape index (κ3) is 8.15. The monoisotopic (exact) mass is 561 g/mol. The molecule has 9 nitrogen and oxygen atoms in total. The zero-order valence-electron chi connectivity index (χ0n) is 23.9. The summed E-state index contributed by atoms with van der Waals surface area (Å²) in [6, 6.07) is 6.92. The number of ether oxygens (including phenoxy) is 4. The minimum absolute atomic E-state index is 0.111. The van der Waals surface area contributed by atoms with Crippen LogP contribution >= 0.6 is 0 Å². The molecule has 3 aromatic rings. The van der Waals surface area contributed by atoms with E-state index in [-0.39, 0.29) is 53.7 Å². The quantitative estimate of drug-likeness (QED) is 0.169. The average molecular weight is 562 g/mol. The minimum Gasteiger partial charge on any atom is -0.476 e. The molecule has 0 saturated heterocycles. The van der Waals surface area contributed by atoms with Crippen LogP contribution in [-0.4, -0.2) is 70.4 Å². The number of pyridine rings is 1. The van der Waals surface area contributed by atoms with Gasteiger partial charge < -0.3 is 18.9 Å². The van der Waals surface area contributed by atoms with Crippen molar-refractivity contribution in [3.05, 3.63) is 41.8 Å². The van der Waals surface area contributed by atoms with Crippen LogP contribution in [0.4, 0.5) is 4.39 Å². The first-order valence-electron chi connectivity index (χ1n) is 12.6. The van der Waals surface area contributed by atoms with E-state index in [0.29, 0.717) is 18.1 Å². The van der Waals surface area contributed by atoms with Crippen LogP contribution in [-0.2, 0) is 31.9 Å². The first-order chi connectivity index (χ1) is 18.4. The molecule has 0 aliphatic rings. The predicted octanol–water partition coefficient (Wildman–Crippen LogP) is 4.67. The maximum atomic E-state index is 15.3. The van der Waals surface area contributed by atoms with E-state index in [9.17, 15) is 4.79 Å². The van der Waals surface area contributed by atoms with Crippen LogP contribution in [0.15, 0.2) is 30.5 Å². The fourth-order valence-electron chi connectivity index (χ4n) is 3.57. The zero-order valence-corrected chi connectivity index (χ0v) is 24.7. The van der Waals surface area contributed by atoms with Gasteiger partial charge in [0.2, 0.25) is 5.88 Å². The van der Waals surface area contributed by atoms with E-state index in [0.717, 1.165) is 16.9 Å². The van der Waals surface area contributed by atoms with Gasteiger partial charge in [-0.05, 0) is 68.8 Å². The highest BCUT2D eigenvalue weighted by molar-refractivity contribution is 7.95. The molecule has 0 radical (unpaired) electrons. The van der Waals surface area contributed by atoms with Gasteiger partial charge in [-0.3, -0.25) is 4.79 Å². The zero-order chi connectivity index (χ0) is 28.7. The highest BCUT2D eigenvalue weighted by Crippen LogP contribution is 2.30. The lowest BCUT2D eigenvalue weighted by molar-refractivity contribution is -0.152. The number of halogens is 1. The molecule has 0 spiro atoms. The first-order valence-corrected chi connectivity index (χ1v) is 14.8. The number of carbonyl (C=O) groups is 1. The highest BCUT2D eigenvalue weighted by atomic mass is 32.2. The van der Waals surface area contributed by atoms with Crippen LogP contribution < -0.4 is 9.47 Å². The van der Waals surface area contributed by atoms with Crippen molar-refractivity contribution in [3.63, 3.8) is 0 Å². The number of aromatic nitrogens is 4. The molecule has 0 saturated carbocycles. The van der Waals surface area contributed by atoms with Gasteiger partial charge in [0.05, 0.1) is 43.3 Å². The van der Waals surface area contributed by atoms with Gasteiger partial charge in [-0.2, -0.15) is 9.67 Å². The number of nitrogens with zero attached hydrogens (tertiary/aromatic N) is 4. The molecular weight excluding hydrogens is 523 g/mol. The normalized spacial score (nSPS) is 11.8. The number of hydrogen-bond donors (Lipinski definition) is 0. The molecule has 2 heterocycles. The Labute approximate surface area is 232 Å². The molecule has 0 aliphatic carbocycles. The lowest BCUT2D eigenvalue weighted by Crippen LogP contribution is -2.32. The van der Waals surface area contributed by atoms with Crippen LogP contribution in [0.1, 0.15) is 33.3 Å². The van der Waals surface area contributed by atoms with Crippen LogP contribution in [0, 0.1) is 18.2 Å². The molecule has 0 aliphatic heterocycles. The van der Waals surface area contributed by atoms with E-state index in [4.69, 9.17) is 18.9 Å². The standard InChI is InChI=1S/C28H38FN4O5S/c1-18(2)38-27-31-25(32-33(27)17-36-11-12-39(7)8)21-10-9-20(14-23(21)29)22-15-30-24(13-19(22)3)37-16-28(4,5)26(34)35-6/h9-10,13-15,18H,11-12,16-17H2,1-8H3/q+1. The van der Waals surface area contributed by atoms with E-state index in [2.05, 4.69) is 27.6 Å². The number of carbonyl (C=O) groups excluding carboxylic acids is 1. The van der Waals surface area contributed by atoms with Crippen molar-refractivity contribution in [2.24, 2.45) is 5.41 Å². The van der Waals surface area contributed by atoms with E-state index < -0.39 is 11.2 Å². The lowest BCUT2D eigenvalue weighted by Gasteiger charge is -2.21. The Morgan fingerprint density at radius 2 is 1.92 bits per heavy atom. The molecule has 0 atom stereocenters. The summed E-state index contributed by atoms with van der Waals surface area (Å²) in [7, 11) is 1.62. The molecule has 1 aromatic carbocycles. The van der Waals surface area contributed by atoms with Crippen LogP contribution in [0.2, 0.25) is 0 Å². The van der Waals surface area contributed by atoms with E-state index in [1.807, 2.05) is 20.8 Å². The van der Waals surface area contributed by atoms with Crippen LogP contribution in [0.3, 0.4) is 0 Å². The average Bonchev–Trinajstić information content (AvgIpc) is 3.26. The Bertz CT molecular complexity index is 1280. The number of benzene rings is 1. The number of methoxy groups -OCH3 is 1. The van der Waals surface area contributed by atoms with Crippen molar-refractivity contribution in [2.75, 3.05) is 38.6 Å². The minimum atomic E-state index is -0.816. The third-order valence-electron chi connectivity index (χ3n) is 5.75. The predicted molar refractivity (Wildman–Crippen MR) is 150 cm³/mol. The molecule has 2 aromatic heterocycles. The Morgan fingerprint density at radius 1 is 1.18 bits per heavy atom. The van der Waals surface area contributed by atoms with Gasteiger partial charge in [0.25, 0.3) is 0 Å². The third-order valence-corrected chi connectivity index (χ3v) is 6.74. The SMILES string of the molecule is COC(=O)C(C)(C)COc1cc(C)c(-c2ccc(-c3nc(OC(C)C)n(COCC[S+](C)C)n3)c(F)c2)cn1. The molecule has 212 valence electrons. The molecule has 0 amide bonds. The summed E-state index contributed by atoms with van der Waals surface area (Å²) in [4.78, 5) is 20.7. The first kappa shape index (κ1) is 30.4. The number of hydrogen-bond acceptors (Lipinski definition) is 8. The van der Waals surface area contributed by atoms with E-state index in [1.54, 1.807) is 38.2 Å². The van der Waals surface area contributed by atoms with Gasteiger partial charge in [-0.15, -0.1) is 5.10 Å². The van der Waals surface area contributed by atoms with Gasteiger partial charge in [0.1, 0.15) is 24.9 Å². The second-order valence-electron chi connectivity index (χ2n) is 10.3. The van der Waals surface area contributed by atoms with Gasteiger partial charge in [-0.1, -0.05) is 6.07 Å². The maximum absolute atomic E-state index is 15.3. The molecule has 0 bridgehead atoms. The summed E-state index contributed by atoms with van der Waals surface area (Å²) in [6.07, 6.45) is 5.81. The number of esters is 1. The number of rotatable bonds is 13. The highest BCUT2D eigenvalue weighted by Gasteiger charge is 2.30. The van der Waals surface area contributed by atoms with Gasteiger partial charge >= 0.3 is 12.0 Å². The Hall–Kier alpha value is -3.18. The van der Waals surface area contributed by atoms with E-state index in [1.165, 1.54) is 17.9 Å². The van der Waals surface area contributed by atoms with Crippen LogP contribution in [0.5, 0.6) is 11.9 Å². The summed E-state index contributed by atoms with van der Waals surface area (Å²) in [5, 5.41) is 4.46. The van der Waals surface area contributed by atoms with Crippen molar-refractivity contribution in [1.82, 2.24) is 19.7 Å². The maximum Gasteiger partial charge on any atom is 0.317 e. The molecule has 0 fully saturated rings. The Morgan fingerprint density at radius 3 is 2.54 bits per heavy atom. The molecule has 11 heteroatoms. The fraction of sp³-hybridized carbons (Fsp3) is 0.500. The molecular formula is C28H38FN4O5S+. The van der Waals surface area contributed by atoms with Crippen molar-refractivity contribution < 1.29 is 28.1 Å². The van der Waals surface area contributed by atoms with Crippen molar-refractivity contribution in [2.45, 2.75) is 47.5 Å². The summed E-state index contributed by atoms with van der Waals surface area (Å²) in [5.74, 6) is 0.699.